The maximum Gasteiger partial charge on any atom is 0.164 e. The molecule has 2 heterocycles. The lowest BCUT2D eigenvalue weighted by molar-refractivity contribution is 1.07. The van der Waals surface area contributed by atoms with E-state index in [1.54, 1.807) is 0 Å². The number of fused-ring (bicyclic) bond motifs is 3. The Hall–Kier alpha value is -7.43. The van der Waals surface area contributed by atoms with E-state index in [0.717, 1.165) is 55.8 Å². The average molecular weight is 703 g/mol. The molecule has 10 aromatic rings. The lowest BCUT2D eigenvalue weighted by atomic mass is 9.87. The van der Waals surface area contributed by atoms with Gasteiger partial charge in [-0.15, -0.1) is 0 Å². The number of para-hydroxylation sites is 2. The van der Waals surface area contributed by atoms with Crippen molar-refractivity contribution in [2.75, 3.05) is 0 Å². The van der Waals surface area contributed by atoms with Crippen molar-refractivity contribution in [3.63, 3.8) is 0 Å². The fraction of sp³-hybridized carbons (Fsp3) is 0. The minimum atomic E-state index is 0.622. The maximum atomic E-state index is 5.20. The molecule has 0 unspecified atom stereocenters. The zero-order valence-electron chi connectivity index (χ0n) is 29.9. The minimum Gasteiger partial charge on any atom is -0.309 e. The van der Waals surface area contributed by atoms with Crippen molar-refractivity contribution in [1.82, 2.24) is 19.5 Å². The van der Waals surface area contributed by atoms with Crippen molar-refractivity contribution in [3.8, 4) is 73.2 Å². The van der Waals surface area contributed by atoms with Gasteiger partial charge in [0.15, 0.2) is 17.5 Å². The zero-order chi connectivity index (χ0) is 36.6. The van der Waals surface area contributed by atoms with Crippen LogP contribution in [0.1, 0.15) is 0 Å². The van der Waals surface area contributed by atoms with Crippen molar-refractivity contribution >= 4 is 21.8 Å². The van der Waals surface area contributed by atoms with Crippen LogP contribution in [0.2, 0.25) is 0 Å². The third kappa shape index (κ3) is 5.96. The van der Waals surface area contributed by atoms with Crippen molar-refractivity contribution < 1.29 is 0 Å². The molecule has 2 aromatic heterocycles. The molecule has 10 rings (SSSR count). The van der Waals surface area contributed by atoms with E-state index in [1.807, 2.05) is 36.4 Å². The Morgan fingerprint density at radius 2 is 0.691 bits per heavy atom. The molecule has 0 aliphatic rings. The normalized spacial score (nSPS) is 11.3. The molecule has 0 radical (unpaired) electrons. The molecule has 4 nitrogen and oxygen atoms in total. The quantitative estimate of drug-likeness (QED) is 0.166. The molecular weight excluding hydrogens is 669 g/mol. The van der Waals surface area contributed by atoms with Crippen molar-refractivity contribution in [1.29, 1.82) is 0 Å². The summed E-state index contributed by atoms with van der Waals surface area (Å²) in [4.78, 5) is 15.4. The van der Waals surface area contributed by atoms with Crippen LogP contribution < -0.4 is 0 Å². The molecule has 0 bridgehead atoms. The number of nitrogens with zero attached hydrogens (tertiary/aromatic N) is 4. The molecule has 0 aliphatic carbocycles. The summed E-state index contributed by atoms with van der Waals surface area (Å²) in [5.74, 6) is 1.89. The molecule has 0 saturated carbocycles. The van der Waals surface area contributed by atoms with E-state index in [-0.39, 0.29) is 0 Å². The molecule has 0 saturated heterocycles. The highest BCUT2D eigenvalue weighted by Crippen LogP contribution is 2.43. The fourth-order valence-electron chi connectivity index (χ4n) is 7.66. The van der Waals surface area contributed by atoms with Gasteiger partial charge in [0.1, 0.15) is 0 Å². The van der Waals surface area contributed by atoms with Gasteiger partial charge in [-0.05, 0) is 75.8 Å². The van der Waals surface area contributed by atoms with E-state index < -0.39 is 0 Å². The summed E-state index contributed by atoms with van der Waals surface area (Å²) in [6, 6.07) is 72.3. The molecule has 0 spiro atoms. The number of benzene rings is 8. The molecule has 258 valence electrons. The standard InChI is InChI=1S/C51H34N4/c1-6-18-35(19-7-1)42-34-46(51-53-49(37-22-10-3-11-23-37)52-50(54-51)38-24-12-4-13-25-38)43(36-20-8-2-9-21-36)33-44(42)39-30-31-48-45(32-39)41-28-16-17-29-47(41)55(48)40-26-14-5-15-27-40/h1-34H. The Morgan fingerprint density at radius 3 is 1.27 bits per heavy atom. The molecule has 0 N–H and O–H groups in total. The second kappa shape index (κ2) is 13.8. The van der Waals surface area contributed by atoms with Gasteiger partial charge in [0.05, 0.1) is 11.0 Å². The monoisotopic (exact) mass is 702 g/mol. The third-order valence-corrected chi connectivity index (χ3v) is 10.3. The largest absolute Gasteiger partial charge is 0.309 e. The first-order valence-electron chi connectivity index (χ1n) is 18.5. The molecule has 0 atom stereocenters. The summed E-state index contributed by atoms with van der Waals surface area (Å²) in [5, 5.41) is 2.43. The van der Waals surface area contributed by atoms with Gasteiger partial charge in [0.2, 0.25) is 0 Å². The molecule has 8 aromatic carbocycles. The van der Waals surface area contributed by atoms with Crippen LogP contribution in [-0.4, -0.2) is 19.5 Å². The number of hydrogen-bond acceptors (Lipinski definition) is 3. The van der Waals surface area contributed by atoms with Gasteiger partial charge < -0.3 is 4.57 Å². The zero-order valence-corrected chi connectivity index (χ0v) is 29.9. The predicted molar refractivity (Wildman–Crippen MR) is 227 cm³/mol. The second-order valence-corrected chi connectivity index (χ2v) is 13.6. The summed E-state index contributed by atoms with van der Waals surface area (Å²) in [6.45, 7) is 0. The first-order valence-corrected chi connectivity index (χ1v) is 18.5. The Bertz CT molecular complexity index is 2880. The van der Waals surface area contributed by atoms with E-state index in [9.17, 15) is 0 Å². The molecular formula is C51H34N4. The Morgan fingerprint density at radius 1 is 0.273 bits per heavy atom. The number of hydrogen-bond donors (Lipinski definition) is 0. The van der Waals surface area contributed by atoms with Crippen LogP contribution in [0, 0.1) is 0 Å². The first-order chi connectivity index (χ1) is 27.3. The SMILES string of the molecule is c1ccc(-c2nc(-c3ccccc3)nc(-c3cc(-c4ccccc4)c(-c4ccc5c(c4)c4ccccc4n5-c4ccccc4)cc3-c3ccccc3)n2)cc1. The van der Waals surface area contributed by atoms with Crippen LogP contribution in [0.5, 0.6) is 0 Å². The van der Waals surface area contributed by atoms with E-state index in [2.05, 4.69) is 174 Å². The molecule has 0 aliphatic heterocycles. The van der Waals surface area contributed by atoms with Crippen molar-refractivity contribution in [3.05, 3.63) is 206 Å². The smallest absolute Gasteiger partial charge is 0.164 e. The summed E-state index contributed by atoms with van der Waals surface area (Å²) in [7, 11) is 0. The van der Waals surface area contributed by atoms with Gasteiger partial charge >= 0.3 is 0 Å². The summed E-state index contributed by atoms with van der Waals surface area (Å²) >= 11 is 0. The maximum absolute atomic E-state index is 5.20. The second-order valence-electron chi connectivity index (χ2n) is 13.6. The number of rotatable bonds is 7. The van der Waals surface area contributed by atoms with E-state index in [1.165, 1.54) is 21.8 Å². The highest BCUT2D eigenvalue weighted by atomic mass is 15.0. The summed E-state index contributed by atoms with van der Waals surface area (Å²) < 4.78 is 2.36. The first kappa shape index (κ1) is 32.2. The van der Waals surface area contributed by atoms with Crippen LogP contribution in [-0.2, 0) is 0 Å². The van der Waals surface area contributed by atoms with E-state index in [0.29, 0.717) is 17.5 Å². The predicted octanol–water partition coefficient (Wildman–Crippen LogP) is 13.0. The van der Waals surface area contributed by atoms with Crippen molar-refractivity contribution in [2.45, 2.75) is 0 Å². The van der Waals surface area contributed by atoms with Crippen LogP contribution >= 0.6 is 0 Å². The van der Waals surface area contributed by atoms with Gasteiger partial charge in [-0.3, -0.25) is 0 Å². The van der Waals surface area contributed by atoms with E-state index >= 15 is 0 Å². The molecule has 0 fully saturated rings. The molecule has 4 heteroatoms. The minimum absolute atomic E-state index is 0.622. The molecule has 0 amide bonds. The summed E-state index contributed by atoms with van der Waals surface area (Å²) in [5.41, 5.74) is 12.9. The lowest BCUT2D eigenvalue weighted by Crippen LogP contribution is -2.02. The number of aromatic nitrogens is 4. The highest BCUT2D eigenvalue weighted by molar-refractivity contribution is 6.11. The Labute approximate surface area is 319 Å². The van der Waals surface area contributed by atoms with E-state index in [4.69, 9.17) is 15.0 Å². The third-order valence-electron chi connectivity index (χ3n) is 10.3. The van der Waals surface area contributed by atoms with Crippen LogP contribution in [0.25, 0.3) is 95.0 Å². The van der Waals surface area contributed by atoms with Crippen LogP contribution in [0.4, 0.5) is 0 Å². The van der Waals surface area contributed by atoms with Gasteiger partial charge in [-0.1, -0.05) is 164 Å². The lowest BCUT2D eigenvalue weighted by Gasteiger charge is -2.18. The topological polar surface area (TPSA) is 43.6 Å². The van der Waals surface area contributed by atoms with Gasteiger partial charge in [-0.2, -0.15) is 0 Å². The summed E-state index contributed by atoms with van der Waals surface area (Å²) in [6.07, 6.45) is 0. The fourth-order valence-corrected chi connectivity index (χ4v) is 7.66. The Balaban J connectivity index is 1.26. The van der Waals surface area contributed by atoms with Crippen LogP contribution in [0.15, 0.2) is 206 Å². The average Bonchev–Trinajstić information content (AvgIpc) is 3.61. The van der Waals surface area contributed by atoms with Crippen molar-refractivity contribution in [2.24, 2.45) is 0 Å². The van der Waals surface area contributed by atoms with Gasteiger partial charge in [0, 0.05) is 33.2 Å². The van der Waals surface area contributed by atoms with Gasteiger partial charge in [-0.25, -0.2) is 15.0 Å². The Kier molecular flexibility index (Phi) is 8.12. The van der Waals surface area contributed by atoms with Crippen LogP contribution in [0.3, 0.4) is 0 Å². The highest BCUT2D eigenvalue weighted by Gasteiger charge is 2.21. The van der Waals surface area contributed by atoms with Gasteiger partial charge in [0.25, 0.3) is 0 Å². The molecule has 55 heavy (non-hydrogen) atoms.